The lowest BCUT2D eigenvalue weighted by molar-refractivity contribution is -0.115. The highest BCUT2D eigenvalue weighted by Crippen LogP contribution is 2.32. The van der Waals surface area contributed by atoms with Crippen molar-refractivity contribution in [3.8, 4) is 5.69 Å². The van der Waals surface area contributed by atoms with Gasteiger partial charge in [0.25, 0.3) is 0 Å². The number of hydrogen-bond acceptors (Lipinski definition) is 5. The molecule has 0 saturated heterocycles. The fourth-order valence-electron chi connectivity index (χ4n) is 3.64. The smallest absolute Gasteiger partial charge is 0.238 e. The third-order valence-electron chi connectivity index (χ3n) is 5.20. The molecule has 3 N–H and O–H groups in total. The Morgan fingerprint density at radius 2 is 1.87 bits per heavy atom. The van der Waals surface area contributed by atoms with Crippen molar-refractivity contribution in [3.63, 3.8) is 0 Å². The van der Waals surface area contributed by atoms with E-state index in [9.17, 15) is 13.2 Å². The minimum absolute atomic E-state index is 0.0436. The molecule has 1 amide bonds. The van der Waals surface area contributed by atoms with Crippen LogP contribution in [0.1, 0.15) is 31.2 Å². The number of nitrogens with two attached hydrogens (primary N) is 1. The monoisotopic (exact) mass is 456 g/mol. The van der Waals surface area contributed by atoms with Crippen molar-refractivity contribution in [2.45, 2.75) is 47.9 Å². The number of carbonyl (C=O) groups is 1. The second kappa shape index (κ2) is 8.86. The van der Waals surface area contributed by atoms with Crippen LogP contribution in [0.5, 0.6) is 0 Å². The molecular weight excluding hydrogens is 432 g/mol. The number of aromatic nitrogens is 2. The zero-order valence-electron chi connectivity index (χ0n) is 17.1. The zero-order chi connectivity index (χ0) is 22.0. The molecule has 0 aliphatic heterocycles. The summed E-state index contributed by atoms with van der Waals surface area (Å²) in [5.74, 6) is -0.239. The van der Waals surface area contributed by atoms with Gasteiger partial charge in [-0.3, -0.25) is 9.36 Å². The summed E-state index contributed by atoms with van der Waals surface area (Å²) < 4.78 is 25.3. The highest BCUT2D eigenvalue weighted by atomic mass is 32.2. The van der Waals surface area contributed by atoms with E-state index in [0.29, 0.717) is 5.69 Å². The number of nitrogens with zero attached hydrogens (tertiary/aromatic N) is 2. The van der Waals surface area contributed by atoms with Gasteiger partial charge in [-0.15, -0.1) is 0 Å². The maximum Gasteiger partial charge on any atom is 0.238 e. The summed E-state index contributed by atoms with van der Waals surface area (Å²) >= 11 is 1.39. The number of amides is 1. The van der Waals surface area contributed by atoms with Crippen LogP contribution in [0, 0.1) is 0 Å². The third-order valence-corrected chi connectivity index (χ3v) is 7.16. The molecule has 1 heterocycles. The van der Waals surface area contributed by atoms with Gasteiger partial charge in [0.2, 0.25) is 15.9 Å². The highest BCUT2D eigenvalue weighted by molar-refractivity contribution is 8.00. The number of fused-ring (bicyclic) bond motifs is 1. The fourth-order valence-corrected chi connectivity index (χ4v) is 5.17. The molecule has 0 radical (unpaired) electrons. The largest absolute Gasteiger partial charge is 0.325 e. The minimum atomic E-state index is -3.84. The Labute approximate surface area is 186 Å². The van der Waals surface area contributed by atoms with Crippen molar-refractivity contribution in [2.75, 3.05) is 5.32 Å². The molecule has 162 valence electrons. The number of hydrogen-bond donors (Lipinski definition) is 2. The first kappa shape index (κ1) is 21.6. The van der Waals surface area contributed by atoms with Crippen LogP contribution >= 0.6 is 11.8 Å². The molecule has 1 unspecified atom stereocenters. The van der Waals surface area contributed by atoms with Gasteiger partial charge in [-0.05, 0) is 62.9 Å². The van der Waals surface area contributed by atoms with Crippen LogP contribution in [0.3, 0.4) is 0 Å². The van der Waals surface area contributed by atoms with Gasteiger partial charge in [-0.2, -0.15) is 0 Å². The molecule has 2 aromatic carbocycles. The number of thioether (sulfide) groups is 1. The SMILES string of the molecule is CC(Sc1nc2c(n1-c1ccccc1)CCCC2)C(=O)Nc1cccc(S(N)(=O)=O)c1. The van der Waals surface area contributed by atoms with Crippen LogP contribution in [0.4, 0.5) is 5.69 Å². The predicted molar refractivity (Wildman–Crippen MR) is 122 cm³/mol. The number of imidazole rings is 1. The van der Waals surface area contributed by atoms with Crippen molar-refractivity contribution in [1.29, 1.82) is 0 Å². The molecule has 7 nitrogen and oxygen atoms in total. The summed E-state index contributed by atoms with van der Waals surface area (Å²) in [6, 6.07) is 16.0. The van der Waals surface area contributed by atoms with Crippen molar-refractivity contribution in [3.05, 3.63) is 66.0 Å². The normalized spacial score (nSPS) is 14.6. The van der Waals surface area contributed by atoms with Crippen molar-refractivity contribution in [2.24, 2.45) is 5.14 Å². The molecule has 1 aliphatic rings. The summed E-state index contributed by atoms with van der Waals surface area (Å²) in [4.78, 5) is 17.6. The van der Waals surface area contributed by atoms with E-state index in [-0.39, 0.29) is 10.8 Å². The Morgan fingerprint density at radius 3 is 2.61 bits per heavy atom. The molecule has 1 aromatic heterocycles. The van der Waals surface area contributed by atoms with Gasteiger partial charge >= 0.3 is 0 Å². The number of sulfonamides is 1. The topological polar surface area (TPSA) is 107 Å². The van der Waals surface area contributed by atoms with E-state index in [1.807, 2.05) is 37.3 Å². The van der Waals surface area contributed by atoms with Gasteiger partial charge in [0.05, 0.1) is 15.8 Å². The van der Waals surface area contributed by atoms with E-state index in [2.05, 4.69) is 9.88 Å². The van der Waals surface area contributed by atoms with E-state index in [0.717, 1.165) is 42.2 Å². The molecule has 0 bridgehead atoms. The predicted octanol–water partition coefficient (Wildman–Crippen LogP) is 3.52. The van der Waals surface area contributed by atoms with E-state index in [4.69, 9.17) is 10.1 Å². The minimum Gasteiger partial charge on any atom is -0.325 e. The number of primary sulfonamides is 1. The van der Waals surface area contributed by atoms with Gasteiger partial charge in [0.1, 0.15) is 0 Å². The van der Waals surface area contributed by atoms with Crippen LogP contribution in [0.25, 0.3) is 5.69 Å². The number of aryl methyl sites for hydroxylation is 1. The molecule has 0 fully saturated rings. The first-order valence-electron chi connectivity index (χ1n) is 10.1. The second-order valence-corrected chi connectivity index (χ2v) is 10.4. The standard InChI is InChI=1S/C22H24N4O3S2/c1-15(21(27)24-16-8-7-11-18(14-16)31(23,28)29)30-22-25-19-12-5-6-13-20(19)26(22)17-9-3-2-4-10-17/h2-4,7-11,14-15H,5-6,12-13H2,1H3,(H,24,27)(H2,23,28,29). The van der Waals surface area contributed by atoms with Gasteiger partial charge in [0, 0.05) is 17.1 Å². The lowest BCUT2D eigenvalue weighted by Gasteiger charge is -2.16. The summed E-state index contributed by atoms with van der Waals surface area (Å²) in [5.41, 5.74) is 3.74. The quantitative estimate of drug-likeness (QED) is 0.552. The Balaban J connectivity index is 1.57. The summed E-state index contributed by atoms with van der Waals surface area (Å²) in [7, 11) is -3.84. The molecule has 0 spiro atoms. The van der Waals surface area contributed by atoms with Crippen LogP contribution in [-0.4, -0.2) is 29.1 Å². The Bertz CT molecular complexity index is 1210. The Hall–Kier alpha value is -2.62. The van der Waals surface area contributed by atoms with Crippen molar-refractivity contribution >= 4 is 33.4 Å². The summed E-state index contributed by atoms with van der Waals surface area (Å²) in [6.45, 7) is 1.81. The second-order valence-electron chi connectivity index (χ2n) is 7.49. The molecule has 1 atom stereocenters. The summed E-state index contributed by atoms with van der Waals surface area (Å²) in [6.07, 6.45) is 4.17. The van der Waals surface area contributed by atoms with Gasteiger partial charge in [-0.25, -0.2) is 18.5 Å². The molecule has 31 heavy (non-hydrogen) atoms. The average Bonchev–Trinajstić information content (AvgIpc) is 3.11. The van der Waals surface area contributed by atoms with Crippen LogP contribution in [-0.2, 0) is 27.7 Å². The first-order valence-corrected chi connectivity index (χ1v) is 12.5. The van der Waals surface area contributed by atoms with Crippen LogP contribution in [0.2, 0.25) is 0 Å². The maximum absolute atomic E-state index is 12.8. The average molecular weight is 457 g/mol. The van der Waals surface area contributed by atoms with Crippen LogP contribution in [0.15, 0.2) is 64.6 Å². The lowest BCUT2D eigenvalue weighted by Crippen LogP contribution is -2.23. The Kier molecular flexibility index (Phi) is 6.17. The number of carbonyl (C=O) groups excluding carboxylic acids is 1. The third kappa shape index (κ3) is 4.84. The molecular formula is C22H24N4O3S2. The van der Waals surface area contributed by atoms with Gasteiger partial charge < -0.3 is 5.32 Å². The van der Waals surface area contributed by atoms with E-state index < -0.39 is 15.3 Å². The lowest BCUT2D eigenvalue weighted by atomic mass is 10.0. The maximum atomic E-state index is 12.8. The molecule has 1 aliphatic carbocycles. The fraction of sp³-hybridized carbons (Fsp3) is 0.273. The first-order chi connectivity index (χ1) is 14.8. The number of nitrogens with one attached hydrogen (secondary N) is 1. The molecule has 3 aromatic rings. The number of anilines is 1. The van der Waals surface area contributed by atoms with Gasteiger partial charge in [0.15, 0.2) is 5.16 Å². The van der Waals surface area contributed by atoms with E-state index >= 15 is 0 Å². The van der Waals surface area contributed by atoms with Gasteiger partial charge in [-0.1, -0.05) is 36.0 Å². The van der Waals surface area contributed by atoms with Crippen LogP contribution < -0.4 is 10.5 Å². The number of para-hydroxylation sites is 1. The molecule has 4 rings (SSSR count). The number of rotatable bonds is 6. The summed E-state index contributed by atoms with van der Waals surface area (Å²) in [5, 5.41) is 8.31. The van der Waals surface area contributed by atoms with Crippen molar-refractivity contribution < 1.29 is 13.2 Å². The van der Waals surface area contributed by atoms with Crippen molar-refractivity contribution in [1.82, 2.24) is 9.55 Å². The van der Waals surface area contributed by atoms with E-state index in [1.54, 1.807) is 12.1 Å². The van der Waals surface area contributed by atoms with E-state index in [1.165, 1.54) is 29.6 Å². The Morgan fingerprint density at radius 1 is 1.13 bits per heavy atom. The molecule has 9 heteroatoms. The number of benzene rings is 2. The highest BCUT2D eigenvalue weighted by Gasteiger charge is 2.25. The zero-order valence-corrected chi connectivity index (χ0v) is 18.7. The molecule has 0 saturated carbocycles.